The molecule has 0 aliphatic heterocycles. The third kappa shape index (κ3) is 1.93. The van der Waals surface area contributed by atoms with E-state index in [9.17, 15) is 0 Å². The maximum absolute atomic E-state index is 2.41. The highest BCUT2D eigenvalue weighted by Gasteiger charge is 2.23. The molecule has 0 spiro atoms. The number of rotatable bonds is 2. The molecule has 1 aromatic heterocycles. The van der Waals surface area contributed by atoms with E-state index in [1.165, 1.54) is 28.2 Å². The Morgan fingerprint density at radius 2 is 2.14 bits per heavy atom. The summed E-state index contributed by atoms with van der Waals surface area (Å²) in [6.07, 6.45) is 7.53. The van der Waals surface area contributed by atoms with Gasteiger partial charge in [0.05, 0.1) is 0 Å². The zero-order chi connectivity index (χ0) is 10.1. The molecule has 0 bridgehead atoms. The third-order valence-corrected chi connectivity index (χ3v) is 4.27. The Kier molecular flexibility index (Phi) is 2.78. The number of hydrogen-bond donors (Lipinski definition) is 0. The van der Waals surface area contributed by atoms with Gasteiger partial charge in [-0.3, -0.25) is 0 Å². The summed E-state index contributed by atoms with van der Waals surface area (Å²) in [5.41, 5.74) is 1.42. The lowest BCUT2D eigenvalue weighted by molar-refractivity contribution is 0.252. The predicted octanol–water partition coefficient (Wildman–Crippen LogP) is 4.42. The van der Waals surface area contributed by atoms with Crippen LogP contribution in [-0.4, -0.2) is 0 Å². The van der Waals surface area contributed by atoms with Crippen LogP contribution in [0.25, 0.3) is 6.08 Å². The Morgan fingerprint density at radius 1 is 1.36 bits per heavy atom. The molecule has 0 radical (unpaired) electrons. The average molecular weight is 206 g/mol. The Labute approximate surface area is 90.7 Å². The van der Waals surface area contributed by atoms with Crippen molar-refractivity contribution in [3.05, 3.63) is 27.5 Å². The highest BCUT2D eigenvalue weighted by molar-refractivity contribution is 7.12. The quantitative estimate of drug-likeness (QED) is 0.671. The van der Waals surface area contributed by atoms with Crippen LogP contribution in [-0.2, 0) is 0 Å². The van der Waals surface area contributed by atoms with Crippen molar-refractivity contribution >= 4 is 17.4 Å². The third-order valence-electron chi connectivity index (χ3n) is 3.29. The van der Waals surface area contributed by atoms with Gasteiger partial charge in [-0.2, -0.15) is 0 Å². The molecule has 1 fully saturated rings. The second kappa shape index (κ2) is 3.90. The van der Waals surface area contributed by atoms with E-state index in [1.807, 2.05) is 11.3 Å². The average Bonchev–Trinajstić information content (AvgIpc) is 2.43. The van der Waals surface area contributed by atoms with Crippen molar-refractivity contribution in [2.75, 3.05) is 0 Å². The first-order valence-electron chi connectivity index (χ1n) is 5.42. The van der Waals surface area contributed by atoms with E-state index >= 15 is 0 Å². The minimum atomic E-state index is 0.842. The molecule has 2 atom stereocenters. The van der Waals surface area contributed by atoms with E-state index in [0.717, 1.165) is 11.8 Å². The van der Waals surface area contributed by atoms with Gasteiger partial charge in [0.1, 0.15) is 0 Å². The maximum Gasteiger partial charge on any atom is 0.00892 e. The van der Waals surface area contributed by atoms with Crippen LogP contribution < -0.4 is 0 Å². The minimum Gasteiger partial charge on any atom is -0.145 e. The van der Waals surface area contributed by atoms with E-state index < -0.39 is 0 Å². The van der Waals surface area contributed by atoms with Crippen molar-refractivity contribution in [1.29, 1.82) is 0 Å². The summed E-state index contributed by atoms with van der Waals surface area (Å²) < 4.78 is 0. The summed E-state index contributed by atoms with van der Waals surface area (Å²) in [6, 6.07) is 2.29. The van der Waals surface area contributed by atoms with Crippen molar-refractivity contribution in [2.45, 2.75) is 33.6 Å². The normalized spacial score (nSPS) is 26.8. The maximum atomic E-state index is 2.41. The highest BCUT2D eigenvalue weighted by atomic mass is 32.1. The molecule has 0 saturated heterocycles. The zero-order valence-corrected chi connectivity index (χ0v) is 10.0. The fraction of sp³-hybridized carbons (Fsp3) is 0.538. The molecule has 14 heavy (non-hydrogen) atoms. The van der Waals surface area contributed by atoms with Gasteiger partial charge in [-0.15, -0.1) is 11.3 Å². The lowest BCUT2D eigenvalue weighted by Crippen LogP contribution is -2.20. The van der Waals surface area contributed by atoms with Gasteiger partial charge >= 0.3 is 0 Å². The van der Waals surface area contributed by atoms with Crippen LogP contribution in [0.2, 0.25) is 0 Å². The van der Waals surface area contributed by atoms with Gasteiger partial charge < -0.3 is 0 Å². The Balaban J connectivity index is 2.06. The van der Waals surface area contributed by atoms with Crippen molar-refractivity contribution in [1.82, 2.24) is 0 Å². The fourth-order valence-corrected chi connectivity index (χ4v) is 2.94. The van der Waals surface area contributed by atoms with Gasteiger partial charge in [0.15, 0.2) is 0 Å². The van der Waals surface area contributed by atoms with Crippen LogP contribution in [0, 0.1) is 25.7 Å². The Morgan fingerprint density at radius 3 is 2.57 bits per heavy atom. The molecule has 76 valence electrons. The SMILES string of the molecule is Cc1cc(/C=C\C2CCC2C)c(C)s1. The largest absolute Gasteiger partial charge is 0.145 e. The second-order valence-electron chi connectivity index (χ2n) is 4.45. The Bertz CT molecular complexity index is 346. The van der Waals surface area contributed by atoms with Gasteiger partial charge in [-0.25, -0.2) is 0 Å². The molecule has 2 rings (SSSR count). The van der Waals surface area contributed by atoms with Crippen molar-refractivity contribution < 1.29 is 0 Å². The smallest absolute Gasteiger partial charge is 0.00892 e. The minimum absolute atomic E-state index is 0.842. The second-order valence-corrected chi connectivity index (χ2v) is 5.91. The summed E-state index contributed by atoms with van der Waals surface area (Å²) in [5.74, 6) is 1.75. The van der Waals surface area contributed by atoms with Crippen LogP contribution in [0.4, 0.5) is 0 Å². The molecule has 0 amide bonds. The van der Waals surface area contributed by atoms with Crippen molar-refractivity contribution in [3.63, 3.8) is 0 Å². The molecule has 1 heterocycles. The van der Waals surface area contributed by atoms with Gasteiger partial charge in [0, 0.05) is 9.75 Å². The molecule has 0 nitrogen and oxygen atoms in total. The lowest BCUT2D eigenvalue weighted by Gasteiger charge is -2.31. The standard InChI is InChI=1S/C13H18S/c1-9-4-5-12(9)6-7-13-8-10(2)14-11(13)3/h6-9,12H,4-5H2,1-3H3/b7-6-. The molecule has 2 unspecified atom stereocenters. The van der Waals surface area contributed by atoms with Crippen LogP contribution in [0.5, 0.6) is 0 Å². The van der Waals surface area contributed by atoms with E-state index in [2.05, 4.69) is 39.0 Å². The summed E-state index contributed by atoms with van der Waals surface area (Å²) in [7, 11) is 0. The molecule has 1 aromatic rings. The van der Waals surface area contributed by atoms with Gasteiger partial charge in [-0.05, 0) is 50.2 Å². The summed E-state index contributed by atoms with van der Waals surface area (Å²) in [4.78, 5) is 2.87. The Hall–Kier alpha value is -0.560. The van der Waals surface area contributed by atoms with E-state index in [1.54, 1.807) is 0 Å². The molecule has 1 heteroatoms. The van der Waals surface area contributed by atoms with Gasteiger partial charge in [-0.1, -0.05) is 19.1 Å². The number of thiophene rings is 1. The van der Waals surface area contributed by atoms with Crippen molar-refractivity contribution in [2.24, 2.45) is 11.8 Å². The summed E-state index contributed by atoms with van der Waals surface area (Å²) >= 11 is 1.90. The van der Waals surface area contributed by atoms with E-state index in [-0.39, 0.29) is 0 Å². The van der Waals surface area contributed by atoms with E-state index in [0.29, 0.717) is 0 Å². The van der Waals surface area contributed by atoms with Crippen LogP contribution in [0.15, 0.2) is 12.1 Å². The molecule has 1 saturated carbocycles. The monoisotopic (exact) mass is 206 g/mol. The van der Waals surface area contributed by atoms with Gasteiger partial charge in [0.2, 0.25) is 0 Å². The number of hydrogen-bond acceptors (Lipinski definition) is 1. The van der Waals surface area contributed by atoms with Crippen LogP contribution >= 0.6 is 11.3 Å². The molecule has 0 aromatic carbocycles. The first-order chi connectivity index (χ1) is 6.66. The molecular weight excluding hydrogens is 188 g/mol. The molecule has 1 aliphatic rings. The zero-order valence-electron chi connectivity index (χ0n) is 9.21. The molecule has 0 N–H and O–H groups in total. The first-order valence-corrected chi connectivity index (χ1v) is 6.23. The summed E-state index contributed by atoms with van der Waals surface area (Å²) in [5, 5.41) is 0. The topological polar surface area (TPSA) is 0 Å². The van der Waals surface area contributed by atoms with Crippen LogP contribution in [0.3, 0.4) is 0 Å². The molecule has 1 aliphatic carbocycles. The van der Waals surface area contributed by atoms with Crippen molar-refractivity contribution in [3.8, 4) is 0 Å². The van der Waals surface area contributed by atoms with E-state index in [4.69, 9.17) is 0 Å². The highest BCUT2D eigenvalue weighted by Crippen LogP contribution is 2.35. The summed E-state index contributed by atoms with van der Waals surface area (Å²) in [6.45, 7) is 6.74. The first kappa shape index (κ1) is 9.97. The molecular formula is C13H18S. The van der Waals surface area contributed by atoms with Crippen LogP contribution in [0.1, 0.15) is 35.1 Å². The van der Waals surface area contributed by atoms with Gasteiger partial charge in [0.25, 0.3) is 0 Å². The number of allylic oxidation sites excluding steroid dienone is 1. The number of aryl methyl sites for hydroxylation is 2. The predicted molar refractivity (Wildman–Crippen MR) is 64.7 cm³/mol. The fourth-order valence-electron chi connectivity index (χ4n) is 2.02. The lowest BCUT2D eigenvalue weighted by atomic mass is 9.75.